The Labute approximate surface area is 117 Å². The fourth-order valence-electron chi connectivity index (χ4n) is 1.75. The number of hydrogen-bond donors (Lipinski definition) is 2. The van der Waals surface area contributed by atoms with Crippen molar-refractivity contribution in [2.24, 2.45) is 0 Å². The van der Waals surface area contributed by atoms with Gasteiger partial charge < -0.3 is 10.0 Å². The van der Waals surface area contributed by atoms with Gasteiger partial charge in [0.15, 0.2) is 0 Å². The van der Waals surface area contributed by atoms with Gasteiger partial charge in [-0.25, -0.2) is 17.5 Å². The zero-order valence-corrected chi connectivity index (χ0v) is 12.1. The van der Waals surface area contributed by atoms with Crippen LogP contribution in [0.5, 0.6) is 0 Å². The molecule has 0 atom stereocenters. The zero-order valence-electron chi connectivity index (χ0n) is 11.3. The molecule has 20 heavy (non-hydrogen) atoms. The third-order valence-electron chi connectivity index (χ3n) is 2.66. The average molecular weight is 304 g/mol. The van der Waals surface area contributed by atoms with E-state index in [1.807, 2.05) is 6.92 Å². The van der Waals surface area contributed by atoms with E-state index in [9.17, 15) is 17.6 Å². The van der Waals surface area contributed by atoms with Crippen LogP contribution < -0.4 is 9.62 Å². The molecule has 0 saturated heterocycles. The van der Waals surface area contributed by atoms with E-state index in [4.69, 9.17) is 5.11 Å². The highest BCUT2D eigenvalue weighted by molar-refractivity contribution is 7.89. The Kier molecular flexibility index (Phi) is 5.46. The molecule has 0 unspecified atom stereocenters. The van der Waals surface area contributed by atoms with Crippen LogP contribution in [0.4, 0.5) is 10.1 Å². The van der Waals surface area contributed by atoms with Gasteiger partial charge in [-0.15, -0.1) is 0 Å². The Hall–Kier alpha value is -1.67. The predicted molar refractivity (Wildman–Crippen MR) is 72.8 cm³/mol. The maximum atomic E-state index is 14.0. The van der Waals surface area contributed by atoms with Crippen molar-refractivity contribution >= 4 is 21.7 Å². The Morgan fingerprint density at radius 2 is 2.10 bits per heavy atom. The van der Waals surface area contributed by atoms with Gasteiger partial charge in [0.2, 0.25) is 10.0 Å². The van der Waals surface area contributed by atoms with Crippen molar-refractivity contribution < 1.29 is 22.7 Å². The third-order valence-corrected chi connectivity index (χ3v) is 4.07. The summed E-state index contributed by atoms with van der Waals surface area (Å²) >= 11 is 0. The molecule has 0 saturated carbocycles. The number of aliphatic carboxylic acids is 1. The van der Waals surface area contributed by atoms with E-state index < -0.39 is 21.8 Å². The van der Waals surface area contributed by atoms with Crippen LogP contribution in [0.2, 0.25) is 0 Å². The molecule has 0 amide bonds. The lowest BCUT2D eigenvalue weighted by Gasteiger charge is -2.23. The number of halogens is 1. The van der Waals surface area contributed by atoms with E-state index in [1.165, 1.54) is 24.1 Å². The van der Waals surface area contributed by atoms with Gasteiger partial charge in [0.1, 0.15) is 12.4 Å². The third kappa shape index (κ3) is 3.91. The molecule has 112 valence electrons. The van der Waals surface area contributed by atoms with Gasteiger partial charge >= 0.3 is 5.97 Å². The van der Waals surface area contributed by atoms with Crippen molar-refractivity contribution in [3.8, 4) is 0 Å². The predicted octanol–water partition coefficient (Wildman–Crippen LogP) is 1.03. The summed E-state index contributed by atoms with van der Waals surface area (Å²) in [5.74, 6) is -1.85. The Morgan fingerprint density at radius 3 is 2.55 bits per heavy atom. The number of rotatable bonds is 7. The van der Waals surface area contributed by atoms with Gasteiger partial charge in [-0.1, -0.05) is 6.92 Å². The number of hydrogen-bond acceptors (Lipinski definition) is 4. The van der Waals surface area contributed by atoms with Crippen LogP contribution >= 0.6 is 0 Å². The monoisotopic (exact) mass is 304 g/mol. The quantitative estimate of drug-likeness (QED) is 0.786. The molecule has 1 rings (SSSR count). The van der Waals surface area contributed by atoms with E-state index in [0.29, 0.717) is 13.0 Å². The summed E-state index contributed by atoms with van der Waals surface area (Å²) in [4.78, 5) is 11.9. The molecule has 0 aliphatic heterocycles. The van der Waals surface area contributed by atoms with E-state index in [0.717, 1.165) is 6.07 Å². The molecule has 0 aliphatic carbocycles. The standard InChI is InChI=1S/C12H17FN2O4S/c1-3-6-15(8-12(16)17)11-5-4-9(7-10(11)13)20(18,19)14-2/h4-5,7,14H,3,6,8H2,1-2H3,(H,16,17). The van der Waals surface area contributed by atoms with Crippen molar-refractivity contribution in [3.63, 3.8) is 0 Å². The van der Waals surface area contributed by atoms with Gasteiger partial charge in [-0.3, -0.25) is 4.79 Å². The molecule has 8 heteroatoms. The van der Waals surface area contributed by atoms with Crippen molar-refractivity contribution in [2.45, 2.75) is 18.2 Å². The van der Waals surface area contributed by atoms with Gasteiger partial charge in [-0.05, 0) is 31.7 Å². The number of sulfonamides is 1. The second-order valence-electron chi connectivity index (χ2n) is 4.14. The summed E-state index contributed by atoms with van der Waals surface area (Å²) < 4.78 is 39.2. The smallest absolute Gasteiger partial charge is 0.323 e. The number of benzene rings is 1. The highest BCUT2D eigenvalue weighted by Gasteiger charge is 2.18. The first-order chi connectivity index (χ1) is 9.31. The van der Waals surface area contributed by atoms with Crippen molar-refractivity contribution in [1.82, 2.24) is 4.72 Å². The topological polar surface area (TPSA) is 86.7 Å². The van der Waals surface area contributed by atoms with Gasteiger partial charge in [0, 0.05) is 6.54 Å². The van der Waals surface area contributed by atoms with Crippen molar-refractivity contribution in [3.05, 3.63) is 24.0 Å². The van der Waals surface area contributed by atoms with Crippen molar-refractivity contribution in [1.29, 1.82) is 0 Å². The van der Waals surface area contributed by atoms with Crippen LogP contribution in [-0.4, -0.2) is 39.6 Å². The summed E-state index contributed by atoms with van der Waals surface area (Å²) in [6.07, 6.45) is 0.642. The summed E-state index contributed by atoms with van der Waals surface area (Å²) in [6, 6.07) is 3.40. The molecule has 0 fully saturated rings. The van der Waals surface area contributed by atoms with Crippen LogP contribution in [0.3, 0.4) is 0 Å². The van der Waals surface area contributed by atoms with Crippen LogP contribution in [0.15, 0.2) is 23.1 Å². The minimum absolute atomic E-state index is 0.0734. The first-order valence-electron chi connectivity index (χ1n) is 6.01. The Balaban J connectivity index is 3.16. The molecule has 0 aromatic heterocycles. The number of carboxylic acids is 1. The number of nitrogens with one attached hydrogen (secondary N) is 1. The molecule has 1 aromatic rings. The fourth-order valence-corrected chi connectivity index (χ4v) is 2.49. The molecular formula is C12H17FN2O4S. The normalized spacial score (nSPS) is 11.3. The SMILES string of the molecule is CCCN(CC(=O)O)c1ccc(S(=O)(=O)NC)cc1F. The molecule has 0 spiro atoms. The molecule has 1 aromatic carbocycles. The first-order valence-corrected chi connectivity index (χ1v) is 7.50. The summed E-state index contributed by atoms with van der Waals surface area (Å²) in [5, 5.41) is 8.81. The minimum Gasteiger partial charge on any atom is -0.480 e. The first kappa shape index (κ1) is 16.4. The maximum absolute atomic E-state index is 14.0. The highest BCUT2D eigenvalue weighted by atomic mass is 32.2. The van der Waals surface area contributed by atoms with E-state index in [-0.39, 0.29) is 17.1 Å². The van der Waals surface area contributed by atoms with E-state index in [2.05, 4.69) is 4.72 Å². The number of anilines is 1. The lowest BCUT2D eigenvalue weighted by molar-refractivity contribution is -0.135. The summed E-state index contributed by atoms with van der Waals surface area (Å²) in [7, 11) is -2.49. The Morgan fingerprint density at radius 1 is 1.45 bits per heavy atom. The lowest BCUT2D eigenvalue weighted by atomic mass is 10.2. The van der Waals surface area contributed by atoms with Gasteiger partial charge in [-0.2, -0.15) is 0 Å². The van der Waals surface area contributed by atoms with Crippen LogP contribution in [0.25, 0.3) is 0 Å². The molecule has 0 aliphatic rings. The molecule has 0 radical (unpaired) electrons. The number of carboxylic acid groups (broad SMARTS) is 1. The average Bonchev–Trinajstić information content (AvgIpc) is 2.37. The largest absolute Gasteiger partial charge is 0.480 e. The van der Waals surface area contributed by atoms with E-state index >= 15 is 0 Å². The molecular weight excluding hydrogens is 287 g/mol. The molecule has 0 heterocycles. The Bertz CT molecular complexity index is 589. The van der Waals surface area contributed by atoms with E-state index in [1.54, 1.807) is 0 Å². The van der Waals surface area contributed by atoms with Crippen molar-refractivity contribution in [2.75, 3.05) is 25.0 Å². The molecule has 2 N–H and O–H groups in total. The minimum atomic E-state index is -3.72. The van der Waals surface area contributed by atoms with Gasteiger partial charge in [0.05, 0.1) is 10.6 Å². The van der Waals surface area contributed by atoms with Crippen LogP contribution in [0.1, 0.15) is 13.3 Å². The molecule has 0 bridgehead atoms. The summed E-state index contributed by atoms with van der Waals surface area (Å²) in [6.45, 7) is 1.86. The second-order valence-corrected chi connectivity index (χ2v) is 6.02. The number of carbonyl (C=O) groups is 1. The fraction of sp³-hybridized carbons (Fsp3) is 0.417. The number of nitrogens with zero attached hydrogens (tertiary/aromatic N) is 1. The van der Waals surface area contributed by atoms with Crippen LogP contribution in [0, 0.1) is 5.82 Å². The second kappa shape index (κ2) is 6.67. The highest BCUT2D eigenvalue weighted by Crippen LogP contribution is 2.22. The van der Waals surface area contributed by atoms with Crippen LogP contribution in [-0.2, 0) is 14.8 Å². The van der Waals surface area contributed by atoms with Gasteiger partial charge in [0.25, 0.3) is 0 Å². The lowest BCUT2D eigenvalue weighted by Crippen LogP contribution is -2.31. The summed E-state index contributed by atoms with van der Waals surface area (Å²) in [5.41, 5.74) is 0.0734. The maximum Gasteiger partial charge on any atom is 0.323 e. The zero-order chi connectivity index (χ0) is 15.3. The molecule has 6 nitrogen and oxygen atoms in total.